The van der Waals surface area contributed by atoms with Gasteiger partial charge in [0, 0.05) is 11.6 Å². The first kappa shape index (κ1) is 15.4. The largest absolute Gasteiger partial charge is 0.487 e. The normalized spacial score (nSPS) is 10.3. The number of ether oxygens (including phenoxy) is 1. The number of benzene rings is 3. The number of hydrogen-bond donors (Lipinski definition) is 1. The second kappa shape index (κ2) is 7.70. The fourth-order valence-corrected chi connectivity index (χ4v) is 2.40. The highest BCUT2D eigenvalue weighted by Gasteiger charge is 2.03. The van der Waals surface area contributed by atoms with Gasteiger partial charge in [0.2, 0.25) is 0 Å². The maximum Gasteiger partial charge on any atom is 0.142 e. The maximum absolute atomic E-state index is 5.95. The van der Waals surface area contributed by atoms with Crippen LogP contribution in [0.3, 0.4) is 0 Å². The van der Waals surface area contributed by atoms with E-state index in [0.717, 1.165) is 28.6 Å². The van der Waals surface area contributed by atoms with E-state index in [4.69, 9.17) is 16.3 Å². The monoisotopic (exact) mass is 323 g/mol. The van der Waals surface area contributed by atoms with Crippen LogP contribution in [0.2, 0.25) is 5.02 Å². The van der Waals surface area contributed by atoms with E-state index in [1.54, 1.807) is 0 Å². The summed E-state index contributed by atoms with van der Waals surface area (Å²) in [5, 5.41) is 4.17. The van der Waals surface area contributed by atoms with E-state index < -0.39 is 0 Å². The lowest BCUT2D eigenvalue weighted by Gasteiger charge is -2.13. The third-order valence-corrected chi connectivity index (χ3v) is 3.77. The Hall–Kier alpha value is -2.45. The molecule has 0 amide bonds. The summed E-state index contributed by atoms with van der Waals surface area (Å²) in [6.45, 7) is 1.28. The van der Waals surface area contributed by atoms with Gasteiger partial charge in [-0.25, -0.2) is 0 Å². The molecule has 0 unspecified atom stereocenters. The zero-order valence-corrected chi connectivity index (χ0v) is 13.5. The van der Waals surface area contributed by atoms with Gasteiger partial charge in [-0.1, -0.05) is 66.2 Å². The number of rotatable bonds is 6. The van der Waals surface area contributed by atoms with Crippen LogP contribution in [0, 0.1) is 0 Å². The van der Waals surface area contributed by atoms with Crippen molar-refractivity contribution < 1.29 is 4.74 Å². The molecule has 116 valence electrons. The van der Waals surface area contributed by atoms with Crippen molar-refractivity contribution in [1.29, 1.82) is 0 Å². The Labute approximate surface area is 141 Å². The third-order valence-electron chi connectivity index (χ3n) is 3.52. The molecule has 0 spiro atoms. The molecule has 0 fully saturated rings. The van der Waals surface area contributed by atoms with Crippen LogP contribution in [-0.2, 0) is 13.2 Å². The average Bonchev–Trinajstić information content (AvgIpc) is 2.61. The van der Waals surface area contributed by atoms with E-state index in [2.05, 4.69) is 17.4 Å². The highest BCUT2D eigenvalue weighted by Crippen LogP contribution is 2.25. The molecular weight excluding hydrogens is 306 g/mol. The van der Waals surface area contributed by atoms with E-state index in [1.807, 2.05) is 66.7 Å². The van der Waals surface area contributed by atoms with Crippen LogP contribution in [0.15, 0.2) is 78.9 Å². The van der Waals surface area contributed by atoms with Gasteiger partial charge in [0.05, 0.1) is 5.69 Å². The number of hydrogen-bond acceptors (Lipinski definition) is 2. The Morgan fingerprint density at radius 3 is 2.22 bits per heavy atom. The minimum Gasteiger partial charge on any atom is -0.487 e. The molecule has 0 saturated carbocycles. The number of para-hydroxylation sites is 2. The maximum atomic E-state index is 5.95. The van der Waals surface area contributed by atoms with Gasteiger partial charge < -0.3 is 10.1 Å². The van der Waals surface area contributed by atoms with Crippen LogP contribution >= 0.6 is 11.6 Å². The summed E-state index contributed by atoms with van der Waals surface area (Å²) in [5.41, 5.74) is 3.31. The fraction of sp³-hybridized carbons (Fsp3) is 0.100. The predicted molar refractivity (Wildman–Crippen MR) is 96.0 cm³/mol. The first-order chi connectivity index (χ1) is 11.3. The zero-order valence-electron chi connectivity index (χ0n) is 12.7. The van der Waals surface area contributed by atoms with Gasteiger partial charge in [0.15, 0.2) is 0 Å². The summed E-state index contributed by atoms with van der Waals surface area (Å²) < 4.78 is 5.95. The van der Waals surface area contributed by atoms with Gasteiger partial charge >= 0.3 is 0 Å². The third kappa shape index (κ3) is 4.51. The molecule has 0 saturated heterocycles. The zero-order chi connectivity index (χ0) is 15.9. The van der Waals surface area contributed by atoms with Gasteiger partial charge in [-0.05, 0) is 35.4 Å². The molecule has 3 aromatic rings. The Bertz CT molecular complexity index is 741. The van der Waals surface area contributed by atoms with Crippen molar-refractivity contribution in [3.8, 4) is 5.75 Å². The van der Waals surface area contributed by atoms with Crippen LogP contribution in [0.5, 0.6) is 5.75 Å². The van der Waals surface area contributed by atoms with Crippen molar-refractivity contribution in [2.24, 2.45) is 0 Å². The fourth-order valence-electron chi connectivity index (χ4n) is 2.27. The summed E-state index contributed by atoms with van der Waals surface area (Å²) in [4.78, 5) is 0. The van der Waals surface area contributed by atoms with Crippen molar-refractivity contribution >= 4 is 17.3 Å². The summed E-state index contributed by atoms with van der Waals surface area (Å²) in [6, 6.07) is 26.0. The Morgan fingerprint density at radius 1 is 0.739 bits per heavy atom. The molecule has 0 atom stereocenters. The Morgan fingerprint density at radius 2 is 1.43 bits per heavy atom. The van der Waals surface area contributed by atoms with E-state index in [0.29, 0.717) is 6.61 Å². The second-order valence-electron chi connectivity index (χ2n) is 5.25. The van der Waals surface area contributed by atoms with Crippen molar-refractivity contribution in [3.63, 3.8) is 0 Å². The van der Waals surface area contributed by atoms with E-state index in [9.17, 15) is 0 Å². The molecule has 0 radical (unpaired) electrons. The molecule has 3 rings (SSSR count). The Balaban J connectivity index is 1.64. The van der Waals surface area contributed by atoms with Gasteiger partial charge in [-0.15, -0.1) is 0 Å². The topological polar surface area (TPSA) is 21.3 Å². The number of nitrogens with one attached hydrogen (secondary N) is 1. The first-order valence-electron chi connectivity index (χ1n) is 7.55. The molecule has 0 aliphatic rings. The standard InChI is InChI=1S/C20H18ClNO/c21-18-12-10-16(11-13-18)14-22-19-8-4-5-9-20(19)23-15-17-6-2-1-3-7-17/h1-13,22H,14-15H2. The highest BCUT2D eigenvalue weighted by molar-refractivity contribution is 6.30. The molecule has 0 aliphatic heterocycles. The molecule has 0 heterocycles. The molecule has 2 nitrogen and oxygen atoms in total. The average molecular weight is 324 g/mol. The van der Waals surface area contributed by atoms with Crippen molar-refractivity contribution in [2.75, 3.05) is 5.32 Å². The quantitative estimate of drug-likeness (QED) is 0.644. The molecule has 23 heavy (non-hydrogen) atoms. The molecule has 0 bridgehead atoms. The number of anilines is 1. The first-order valence-corrected chi connectivity index (χ1v) is 7.93. The lowest BCUT2D eigenvalue weighted by molar-refractivity contribution is 0.307. The molecule has 0 aliphatic carbocycles. The lowest BCUT2D eigenvalue weighted by Crippen LogP contribution is -2.03. The van der Waals surface area contributed by atoms with Crippen LogP contribution in [-0.4, -0.2) is 0 Å². The molecule has 1 N–H and O–H groups in total. The van der Waals surface area contributed by atoms with Crippen molar-refractivity contribution in [3.05, 3.63) is 95.0 Å². The smallest absolute Gasteiger partial charge is 0.142 e. The van der Waals surface area contributed by atoms with Gasteiger partial charge in [-0.3, -0.25) is 0 Å². The molecule has 3 heteroatoms. The predicted octanol–water partition coefficient (Wildman–Crippen LogP) is 5.53. The van der Waals surface area contributed by atoms with Gasteiger partial charge in [-0.2, -0.15) is 0 Å². The van der Waals surface area contributed by atoms with Gasteiger partial charge in [0.1, 0.15) is 12.4 Å². The summed E-state index contributed by atoms with van der Waals surface area (Å²) in [5.74, 6) is 0.852. The minimum atomic E-state index is 0.556. The summed E-state index contributed by atoms with van der Waals surface area (Å²) >= 11 is 5.91. The van der Waals surface area contributed by atoms with Crippen LogP contribution in [0.4, 0.5) is 5.69 Å². The van der Waals surface area contributed by atoms with Crippen molar-refractivity contribution in [1.82, 2.24) is 0 Å². The molecular formula is C20H18ClNO. The number of halogens is 1. The minimum absolute atomic E-state index is 0.556. The van der Waals surface area contributed by atoms with Crippen LogP contribution < -0.4 is 10.1 Å². The second-order valence-corrected chi connectivity index (χ2v) is 5.69. The SMILES string of the molecule is Clc1ccc(CNc2ccccc2OCc2ccccc2)cc1. The molecule has 3 aromatic carbocycles. The summed E-state index contributed by atoms with van der Waals surface area (Å²) in [6.07, 6.45) is 0. The summed E-state index contributed by atoms with van der Waals surface area (Å²) in [7, 11) is 0. The highest BCUT2D eigenvalue weighted by atomic mass is 35.5. The lowest BCUT2D eigenvalue weighted by atomic mass is 10.2. The van der Waals surface area contributed by atoms with E-state index in [1.165, 1.54) is 5.56 Å². The van der Waals surface area contributed by atoms with E-state index >= 15 is 0 Å². The Kier molecular flexibility index (Phi) is 5.17. The van der Waals surface area contributed by atoms with E-state index in [-0.39, 0.29) is 0 Å². The van der Waals surface area contributed by atoms with Gasteiger partial charge in [0.25, 0.3) is 0 Å². The van der Waals surface area contributed by atoms with Crippen LogP contribution in [0.25, 0.3) is 0 Å². The van der Waals surface area contributed by atoms with Crippen LogP contribution in [0.1, 0.15) is 11.1 Å². The van der Waals surface area contributed by atoms with Crippen molar-refractivity contribution in [2.45, 2.75) is 13.2 Å². The molecule has 0 aromatic heterocycles.